The molecular weight excluding hydrogens is 279 g/mol. The van der Waals surface area contributed by atoms with Crippen molar-refractivity contribution in [3.8, 4) is 0 Å². The van der Waals surface area contributed by atoms with Gasteiger partial charge >= 0.3 is 0 Å². The van der Waals surface area contributed by atoms with Crippen LogP contribution in [0.3, 0.4) is 0 Å². The van der Waals surface area contributed by atoms with Crippen LogP contribution in [0.5, 0.6) is 0 Å². The number of nitrogens with zero attached hydrogens (tertiary/aromatic N) is 2. The fraction of sp³-hybridized carbons (Fsp3) is 0.286. The minimum atomic E-state index is -0.370. The van der Waals surface area contributed by atoms with Crippen LogP contribution in [-0.4, -0.2) is 17.0 Å². The van der Waals surface area contributed by atoms with Crippen molar-refractivity contribution >= 4 is 28.9 Å². The lowest BCUT2D eigenvalue weighted by molar-refractivity contribution is 0.628. The van der Waals surface area contributed by atoms with Crippen LogP contribution in [0, 0.1) is 12.7 Å². The number of anilines is 3. The summed E-state index contributed by atoms with van der Waals surface area (Å²) in [6.45, 7) is 3.89. The van der Waals surface area contributed by atoms with Gasteiger partial charge in [-0.25, -0.2) is 14.4 Å². The summed E-state index contributed by atoms with van der Waals surface area (Å²) in [5.74, 6) is 1.78. The maximum Gasteiger partial charge on any atom is 0.139 e. The van der Waals surface area contributed by atoms with Gasteiger partial charge in [-0.15, -0.1) is 0 Å². The van der Waals surface area contributed by atoms with E-state index in [-0.39, 0.29) is 5.82 Å². The van der Waals surface area contributed by atoms with Crippen LogP contribution in [0.4, 0.5) is 21.7 Å². The smallest absolute Gasteiger partial charge is 0.139 e. The maximum absolute atomic E-state index is 13.1. The first-order valence-electron chi connectivity index (χ1n) is 6.32. The summed E-state index contributed by atoms with van der Waals surface area (Å²) in [4.78, 5) is 8.84. The molecule has 0 amide bonds. The number of aryl methyl sites for hydroxylation is 1. The number of nitrogens with one attached hydrogen (secondary N) is 2. The highest BCUT2D eigenvalue weighted by molar-refractivity contribution is 6.33. The SMILES string of the molecule is CCc1nc(NC)c(C)c(Nc2ccc(F)cc2Cl)n1. The van der Waals surface area contributed by atoms with Gasteiger partial charge in [0.05, 0.1) is 10.7 Å². The lowest BCUT2D eigenvalue weighted by Crippen LogP contribution is -2.07. The molecule has 0 aliphatic carbocycles. The molecule has 20 heavy (non-hydrogen) atoms. The van der Waals surface area contributed by atoms with Gasteiger partial charge in [-0.3, -0.25) is 0 Å². The molecule has 0 atom stereocenters. The van der Waals surface area contributed by atoms with E-state index in [0.29, 0.717) is 16.5 Å². The molecule has 0 fully saturated rings. The Hall–Kier alpha value is -1.88. The minimum absolute atomic E-state index is 0.312. The van der Waals surface area contributed by atoms with Crippen molar-refractivity contribution in [1.82, 2.24) is 9.97 Å². The summed E-state index contributed by atoms with van der Waals surface area (Å²) >= 11 is 6.02. The average Bonchev–Trinajstić information content (AvgIpc) is 2.43. The Kier molecular flexibility index (Phi) is 4.39. The van der Waals surface area contributed by atoms with Crippen molar-refractivity contribution < 1.29 is 4.39 Å². The first-order chi connectivity index (χ1) is 9.55. The molecule has 2 rings (SSSR count). The fourth-order valence-corrected chi connectivity index (χ4v) is 2.02. The first kappa shape index (κ1) is 14.5. The summed E-state index contributed by atoms with van der Waals surface area (Å²) in [7, 11) is 1.81. The second kappa shape index (κ2) is 6.05. The van der Waals surface area contributed by atoms with Crippen LogP contribution < -0.4 is 10.6 Å². The fourth-order valence-electron chi connectivity index (χ4n) is 1.80. The zero-order valence-electron chi connectivity index (χ0n) is 11.6. The lowest BCUT2D eigenvalue weighted by Gasteiger charge is -2.14. The van der Waals surface area contributed by atoms with E-state index in [1.807, 2.05) is 20.9 Å². The molecule has 2 aromatic rings. The Morgan fingerprint density at radius 3 is 2.55 bits per heavy atom. The van der Waals surface area contributed by atoms with E-state index in [4.69, 9.17) is 11.6 Å². The number of hydrogen-bond acceptors (Lipinski definition) is 4. The Balaban J connectivity index is 2.42. The highest BCUT2D eigenvalue weighted by atomic mass is 35.5. The number of rotatable bonds is 4. The molecule has 0 aliphatic rings. The van der Waals surface area contributed by atoms with Crippen molar-refractivity contribution in [3.05, 3.63) is 40.4 Å². The minimum Gasteiger partial charge on any atom is -0.373 e. The molecule has 0 spiro atoms. The average molecular weight is 295 g/mol. The van der Waals surface area contributed by atoms with E-state index in [0.717, 1.165) is 23.6 Å². The van der Waals surface area contributed by atoms with Crippen molar-refractivity contribution in [2.45, 2.75) is 20.3 Å². The summed E-state index contributed by atoms with van der Waals surface area (Å²) in [5.41, 5.74) is 1.49. The lowest BCUT2D eigenvalue weighted by atomic mass is 10.2. The van der Waals surface area contributed by atoms with Gasteiger partial charge in [0, 0.05) is 19.0 Å². The van der Waals surface area contributed by atoms with Gasteiger partial charge in [0.15, 0.2) is 0 Å². The maximum atomic E-state index is 13.1. The van der Waals surface area contributed by atoms with Crippen LogP contribution in [0.25, 0.3) is 0 Å². The summed E-state index contributed by atoms with van der Waals surface area (Å²) in [6, 6.07) is 4.20. The number of aromatic nitrogens is 2. The third-order valence-electron chi connectivity index (χ3n) is 2.93. The van der Waals surface area contributed by atoms with Gasteiger partial charge in [0.1, 0.15) is 23.3 Å². The largest absolute Gasteiger partial charge is 0.373 e. The van der Waals surface area contributed by atoms with Crippen LogP contribution in [0.15, 0.2) is 18.2 Å². The third kappa shape index (κ3) is 2.99. The second-order valence-corrected chi connectivity index (χ2v) is 4.72. The molecule has 1 heterocycles. The summed E-state index contributed by atoms with van der Waals surface area (Å²) in [6.07, 6.45) is 0.723. The topological polar surface area (TPSA) is 49.8 Å². The molecule has 6 heteroatoms. The van der Waals surface area contributed by atoms with E-state index in [1.54, 1.807) is 6.07 Å². The van der Waals surface area contributed by atoms with Gasteiger partial charge < -0.3 is 10.6 Å². The molecule has 0 radical (unpaired) electrons. The molecule has 1 aromatic heterocycles. The summed E-state index contributed by atoms with van der Waals surface area (Å²) in [5, 5.41) is 6.48. The van der Waals surface area contributed by atoms with Crippen LogP contribution in [0.1, 0.15) is 18.3 Å². The predicted octanol–water partition coefficient (Wildman–Crippen LogP) is 3.93. The van der Waals surface area contributed by atoms with Crippen LogP contribution >= 0.6 is 11.6 Å². The normalized spacial score (nSPS) is 10.4. The second-order valence-electron chi connectivity index (χ2n) is 4.31. The van der Waals surface area contributed by atoms with Gasteiger partial charge in [-0.05, 0) is 25.1 Å². The Labute approximate surface area is 122 Å². The van der Waals surface area contributed by atoms with Crippen molar-refractivity contribution in [2.75, 3.05) is 17.7 Å². The van der Waals surface area contributed by atoms with Crippen molar-refractivity contribution in [3.63, 3.8) is 0 Å². The summed E-state index contributed by atoms with van der Waals surface area (Å²) < 4.78 is 13.1. The van der Waals surface area contributed by atoms with E-state index in [2.05, 4.69) is 20.6 Å². The molecule has 1 aromatic carbocycles. The molecular formula is C14H16ClFN4. The Morgan fingerprint density at radius 2 is 1.95 bits per heavy atom. The molecule has 0 unspecified atom stereocenters. The van der Waals surface area contributed by atoms with Crippen molar-refractivity contribution in [2.24, 2.45) is 0 Å². The number of hydrogen-bond donors (Lipinski definition) is 2. The number of halogens is 2. The Bertz CT molecular complexity index is 631. The van der Waals surface area contributed by atoms with Gasteiger partial charge in [-0.1, -0.05) is 18.5 Å². The molecule has 106 valence electrons. The van der Waals surface area contributed by atoms with Crippen LogP contribution in [-0.2, 0) is 6.42 Å². The molecule has 0 bridgehead atoms. The van der Waals surface area contributed by atoms with E-state index in [9.17, 15) is 4.39 Å². The van der Waals surface area contributed by atoms with Gasteiger partial charge in [0.2, 0.25) is 0 Å². The highest BCUT2D eigenvalue weighted by Crippen LogP contribution is 2.28. The van der Waals surface area contributed by atoms with E-state index < -0.39 is 0 Å². The van der Waals surface area contributed by atoms with Crippen molar-refractivity contribution in [1.29, 1.82) is 0 Å². The molecule has 2 N–H and O–H groups in total. The zero-order chi connectivity index (χ0) is 14.7. The first-order valence-corrected chi connectivity index (χ1v) is 6.70. The van der Waals surface area contributed by atoms with Crippen LogP contribution in [0.2, 0.25) is 5.02 Å². The quantitative estimate of drug-likeness (QED) is 0.897. The Morgan fingerprint density at radius 1 is 1.25 bits per heavy atom. The third-order valence-corrected chi connectivity index (χ3v) is 3.24. The molecule has 0 saturated carbocycles. The van der Waals surface area contributed by atoms with Gasteiger partial charge in [-0.2, -0.15) is 0 Å². The van der Waals surface area contributed by atoms with E-state index in [1.165, 1.54) is 12.1 Å². The highest BCUT2D eigenvalue weighted by Gasteiger charge is 2.11. The number of benzene rings is 1. The van der Waals surface area contributed by atoms with E-state index >= 15 is 0 Å². The predicted molar refractivity (Wildman–Crippen MR) is 80.4 cm³/mol. The van der Waals surface area contributed by atoms with Gasteiger partial charge in [0.25, 0.3) is 0 Å². The zero-order valence-corrected chi connectivity index (χ0v) is 12.3. The monoisotopic (exact) mass is 294 g/mol. The molecule has 0 aliphatic heterocycles. The molecule has 4 nitrogen and oxygen atoms in total. The standard InChI is InChI=1S/C14H16ClFN4/c1-4-12-19-13(17-3)8(2)14(20-12)18-11-6-5-9(16)7-10(11)15/h5-7H,4H2,1-3H3,(H2,17,18,19,20). The molecule has 0 saturated heterocycles.